The van der Waals surface area contributed by atoms with Crippen LogP contribution in [0.2, 0.25) is 0 Å². The molecular formula is C27H26FN3O3. The molecule has 0 unspecified atom stereocenters. The third-order valence-electron chi connectivity index (χ3n) is 6.37. The molecule has 0 aliphatic carbocycles. The molecule has 174 valence electrons. The van der Waals surface area contributed by atoms with Gasteiger partial charge in [0.25, 0.3) is 5.91 Å². The SMILES string of the molecule is O=C(NCC1(c2cccc(F)c2)CCOCC1)c1cccc(OCc2cn3ccccc3n2)c1. The zero-order chi connectivity index (χ0) is 23.4. The van der Waals surface area contributed by atoms with Gasteiger partial charge in [-0.25, -0.2) is 9.37 Å². The maximum atomic E-state index is 13.9. The number of pyridine rings is 1. The molecule has 1 aliphatic heterocycles. The highest BCUT2D eigenvalue weighted by atomic mass is 19.1. The topological polar surface area (TPSA) is 64.9 Å². The Balaban J connectivity index is 1.25. The van der Waals surface area contributed by atoms with Crippen molar-refractivity contribution in [2.45, 2.75) is 24.9 Å². The Hall–Kier alpha value is -3.71. The molecule has 0 bridgehead atoms. The Bertz CT molecular complexity index is 1260. The highest BCUT2D eigenvalue weighted by molar-refractivity contribution is 5.94. The van der Waals surface area contributed by atoms with E-state index in [-0.39, 0.29) is 17.1 Å². The summed E-state index contributed by atoms with van der Waals surface area (Å²) in [5.74, 6) is 0.126. The highest BCUT2D eigenvalue weighted by Crippen LogP contribution is 2.34. The van der Waals surface area contributed by atoms with Crippen LogP contribution in [0.25, 0.3) is 5.65 Å². The summed E-state index contributed by atoms with van der Waals surface area (Å²) in [7, 11) is 0. The molecule has 2 aromatic carbocycles. The number of ether oxygens (including phenoxy) is 2. The predicted octanol–water partition coefficient (Wildman–Crippen LogP) is 4.53. The molecule has 4 aromatic rings. The Morgan fingerprint density at radius 1 is 1.09 bits per heavy atom. The Kier molecular flexibility index (Phi) is 6.27. The van der Waals surface area contributed by atoms with Gasteiger partial charge in [0, 0.05) is 43.1 Å². The summed E-state index contributed by atoms with van der Waals surface area (Å²) in [5.41, 5.74) is 2.70. The minimum absolute atomic E-state index is 0.194. The monoisotopic (exact) mass is 459 g/mol. The molecule has 34 heavy (non-hydrogen) atoms. The van der Waals surface area contributed by atoms with Gasteiger partial charge in [-0.05, 0) is 60.9 Å². The molecule has 3 heterocycles. The number of rotatable bonds is 7. The fraction of sp³-hybridized carbons (Fsp3) is 0.259. The molecule has 1 N–H and O–H groups in total. The summed E-state index contributed by atoms with van der Waals surface area (Å²) >= 11 is 0. The van der Waals surface area contributed by atoms with Gasteiger partial charge >= 0.3 is 0 Å². The predicted molar refractivity (Wildman–Crippen MR) is 126 cm³/mol. The van der Waals surface area contributed by atoms with Crippen molar-refractivity contribution in [2.24, 2.45) is 0 Å². The number of nitrogens with zero attached hydrogens (tertiary/aromatic N) is 2. The van der Waals surface area contributed by atoms with Crippen molar-refractivity contribution >= 4 is 11.6 Å². The van der Waals surface area contributed by atoms with Crippen LogP contribution in [0.4, 0.5) is 4.39 Å². The lowest BCUT2D eigenvalue weighted by atomic mass is 9.74. The van der Waals surface area contributed by atoms with Crippen LogP contribution >= 0.6 is 0 Å². The highest BCUT2D eigenvalue weighted by Gasteiger charge is 2.35. The number of carbonyl (C=O) groups excluding carboxylic acids is 1. The molecule has 0 saturated carbocycles. The number of hydrogen-bond acceptors (Lipinski definition) is 4. The normalized spacial score (nSPS) is 15.2. The first-order chi connectivity index (χ1) is 16.6. The van der Waals surface area contributed by atoms with Crippen molar-refractivity contribution in [1.82, 2.24) is 14.7 Å². The van der Waals surface area contributed by atoms with Gasteiger partial charge in [0.2, 0.25) is 0 Å². The molecule has 1 amide bonds. The Labute approximate surface area is 197 Å². The number of fused-ring (bicyclic) bond motifs is 1. The average Bonchev–Trinajstić information content (AvgIpc) is 3.30. The largest absolute Gasteiger partial charge is 0.487 e. The number of imidazole rings is 1. The van der Waals surface area contributed by atoms with Crippen LogP contribution < -0.4 is 10.1 Å². The molecule has 1 saturated heterocycles. The van der Waals surface area contributed by atoms with Crippen molar-refractivity contribution in [3.63, 3.8) is 0 Å². The van der Waals surface area contributed by atoms with Gasteiger partial charge in [-0.2, -0.15) is 0 Å². The first-order valence-electron chi connectivity index (χ1n) is 11.4. The first kappa shape index (κ1) is 22.1. The van der Waals surface area contributed by atoms with Gasteiger partial charge in [-0.3, -0.25) is 4.79 Å². The third kappa shape index (κ3) is 4.79. The minimum atomic E-state index is -0.354. The van der Waals surface area contributed by atoms with E-state index in [1.807, 2.05) is 47.1 Å². The second-order valence-corrected chi connectivity index (χ2v) is 8.60. The number of aromatic nitrogens is 2. The molecule has 1 fully saturated rings. The van der Waals surface area contributed by atoms with E-state index in [0.29, 0.717) is 37.7 Å². The van der Waals surface area contributed by atoms with Gasteiger partial charge < -0.3 is 19.2 Å². The van der Waals surface area contributed by atoms with Crippen LogP contribution in [-0.2, 0) is 16.8 Å². The average molecular weight is 460 g/mol. The zero-order valence-corrected chi connectivity index (χ0v) is 18.7. The number of carbonyl (C=O) groups is 1. The molecule has 1 aliphatic rings. The van der Waals surface area contributed by atoms with Gasteiger partial charge in [0.05, 0.1) is 5.69 Å². The van der Waals surface area contributed by atoms with Crippen LogP contribution in [0.1, 0.15) is 34.5 Å². The quantitative estimate of drug-likeness (QED) is 0.441. The molecule has 2 aromatic heterocycles. The number of halogens is 1. The minimum Gasteiger partial charge on any atom is -0.487 e. The number of benzene rings is 2. The van der Waals surface area contributed by atoms with E-state index in [4.69, 9.17) is 9.47 Å². The molecule has 7 heteroatoms. The van der Waals surface area contributed by atoms with Crippen LogP contribution in [0.3, 0.4) is 0 Å². The maximum absolute atomic E-state index is 13.9. The molecule has 0 atom stereocenters. The van der Waals surface area contributed by atoms with Crippen molar-refractivity contribution in [3.05, 3.63) is 102 Å². The van der Waals surface area contributed by atoms with E-state index in [1.54, 1.807) is 30.3 Å². The molecule has 0 spiro atoms. The number of amides is 1. The molecule has 6 nitrogen and oxygen atoms in total. The van der Waals surface area contributed by atoms with E-state index in [1.165, 1.54) is 6.07 Å². The zero-order valence-electron chi connectivity index (χ0n) is 18.7. The summed E-state index contributed by atoms with van der Waals surface area (Å²) in [6.07, 6.45) is 5.30. The van der Waals surface area contributed by atoms with Crippen LogP contribution in [0.15, 0.2) is 79.1 Å². The van der Waals surface area contributed by atoms with E-state index in [9.17, 15) is 9.18 Å². The van der Waals surface area contributed by atoms with Gasteiger partial charge in [0.15, 0.2) is 0 Å². The molecule has 5 rings (SSSR count). The van der Waals surface area contributed by atoms with E-state index < -0.39 is 0 Å². The summed E-state index contributed by atoms with van der Waals surface area (Å²) in [5, 5.41) is 3.06. The fourth-order valence-corrected chi connectivity index (χ4v) is 4.44. The van der Waals surface area contributed by atoms with Gasteiger partial charge in [0.1, 0.15) is 23.8 Å². The standard InChI is InChI=1S/C27H26FN3O3/c28-22-7-4-6-21(16-22)27(10-13-33-14-11-27)19-29-26(32)20-5-3-8-24(15-20)34-18-23-17-31-12-2-1-9-25(31)30-23/h1-9,12,15-17H,10-11,13-14,18-19H2,(H,29,32). The smallest absolute Gasteiger partial charge is 0.251 e. The summed E-state index contributed by atoms with van der Waals surface area (Å²) in [6, 6.07) is 19.6. The maximum Gasteiger partial charge on any atom is 0.251 e. The molecular weight excluding hydrogens is 433 g/mol. The van der Waals surface area contributed by atoms with Crippen molar-refractivity contribution < 1.29 is 18.7 Å². The lowest BCUT2D eigenvalue weighted by molar-refractivity contribution is 0.0486. The Morgan fingerprint density at radius 2 is 1.94 bits per heavy atom. The van der Waals surface area contributed by atoms with Crippen molar-refractivity contribution in [1.29, 1.82) is 0 Å². The number of hydrogen-bond donors (Lipinski definition) is 1. The summed E-state index contributed by atoms with van der Waals surface area (Å²) < 4.78 is 27.3. The van der Waals surface area contributed by atoms with E-state index >= 15 is 0 Å². The van der Waals surface area contributed by atoms with Gasteiger partial charge in [-0.1, -0.05) is 24.3 Å². The summed E-state index contributed by atoms with van der Waals surface area (Å²) in [6.45, 7) is 1.87. The lowest BCUT2D eigenvalue weighted by Crippen LogP contribution is -2.44. The van der Waals surface area contributed by atoms with E-state index in [2.05, 4.69) is 10.3 Å². The second-order valence-electron chi connectivity index (χ2n) is 8.60. The molecule has 0 radical (unpaired) electrons. The van der Waals surface area contributed by atoms with Crippen molar-refractivity contribution in [2.75, 3.05) is 19.8 Å². The van der Waals surface area contributed by atoms with Crippen LogP contribution in [0, 0.1) is 5.82 Å². The van der Waals surface area contributed by atoms with Gasteiger partial charge in [-0.15, -0.1) is 0 Å². The lowest BCUT2D eigenvalue weighted by Gasteiger charge is -2.38. The van der Waals surface area contributed by atoms with Crippen LogP contribution in [-0.4, -0.2) is 35.1 Å². The first-order valence-corrected chi connectivity index (χ1v) is 11.4. The van der Waals surface area contributed by atoms with E-state index in [0.717, 1.165) is 29.7 Å². The van der Waals surface area contributed by atoms with Crippen molar-refractivity contribution in [3.8, 4) is 5.75 Å². The number of nitrogens with one attached hydrogen (secondary N) is 1. The third-order valence-corrected chi connectivity index (χ3v) is 6.37. The second kappa shape index (κ2) is 9.65. The Morgan fingerprint density at radius 3 is 2.76 bits per heavy atom. The summed E-state index contributed by atoms with van der Waals surface area (Å²) in [4.78, 5) is 17.5. The van der Waals surface area contributed by atoms with Crippen LogP contribution in [0.5, 0.6) is 5.75 Å². The fourth-order valence-electron chi connectivity index (χ4n) is 4.44.